The molecule has 8 heteroatoms. The molecular weight excluding hydrogens is 438 g/mol. The summed E-state index contributed by atoms with van der Waals surface area (Å²) in [6.45, 7) is 0.642. The van der Waals surface area contributed by atoms with Crippen molar-refractivity contribution >= 4 is 22.9 Å². The lowest BCUT2D eigenvalue weighted by molar-refractivity contribution is 0.402. The second kappa shape index (κ2) is 9.70. The quantitative estimate of drug-likeness (QED) is 0.327. The molecule has 2 atom stereocenters. The van der Waals surface area contributed by atoms with Gasteiger partial charge in [0.25, 0.3) is 0 Å². The molecule has 0 aliphatic heterocycles. The van der Waals surface area contributed by atoms with E-state index in [2.05, 4.69) is 39.5 Å². The van der Waals surface area contributed by atoms with E-state index in [0.717, 1.165) is 46.7 Å². The van der Waals surface area contributed by atoms with Crippen molar-refractivity contribution in [3.05, 3.63) is 54.6 Å². The van der Waals surface area contributed by atoms with Gasteiger partial charge in [0.2, 0.25) is 5.95 Å². The summed E-state index contributed by atoms with van der Waals surface area (Å²) in [5.41, 5.74) is 10.4. The van der Waals surface area contributed by atoms with Crippen molar-refractivity contribution in [1.82, 2.24) is 19.5 Å². The van der Waals surface area contributed by atoms with Crippen LogP contribution in [-0.2, 0) is 6.54 Å². The minimum absolute atomic E-state index is 0.131. The highest BCUT2D eigenvalue weighted by molar-refractivity contribution is 5.84. The molecule has 35 heavy (non-hydrogen) atoms. The minimum atomic E-state index is 0.131. The van der Waals surface area contributed by atoms with Crippen LogP contribution in [0.25, 0.3) is 22.5 Å². The normalized spacial score (nSPS) is 20.9. The summed E-state index contributed by atoms with van der Waals surface area (Å²) in [5, 5.41) is 7.08. The molecule has 2 saturated carbocycles. The number of hydrogen-bond acceptors (Lipinski definition) is 7. The SMILES string of the molecule is NC1CCCCC1Nc1nc(NCc2ccc(-c3ccco3)cc2)c2ncn(C3CCCC3)c2n1. The highest BCUT2D eigenvalue weighted by Crippen LogP contribution is 2.33. The third kappa shape index (κ3) is 4.62. The molecule has 8 nitrogen and oxygen atoms in total. The van der Waals surface area contributed by atoms with E-state index >= 15 is 0 Å². The first kappa shape index (κ1) is 22.1. The maximum atomic E-state index is 6.41. The fourth-order valence-electron chi connectivity index (χ4n) is 5.47. The predicted octanol–water partition coefficient (Wildman–Crippen LogP) is 5.50. The van der Waals surface area contributed by atoms with Crippen LogP contribution in [-0.4, -0.2) is 31.6 Å². The first-order valence-corrected chi connectivity index (χ1v) is 12.9. The van der Waals surface area contributed by atoms with Crippen LogP contribution in [0.2, 0.25) is 0 Å². The number of rotatable bonds is 7. The molecule has 4 N–H and O–H groups in total. The molecule has 2 fully saturated rings. The topological polar surface area (TPSA) is 107 Å². The molecule has 6 rings (SSSR count). The molecule has 0 saturated heterocycles. The van der Waals surface area contributed by atoms with Crippen LogP contribution in [0, 0.1) is 0 Å². The molecule has 2 aliphatic rings. The number of imidazole rings is 1. The second-order valence-corrected chi connectivity index (χ2v) is 9.89. The van der Waals surface area contributed by atoms with E-state index in [1.54, 1.807) is 6.26 Å². The van der Waals surface area contributed by atoms with Crippen LogP contribution in [0.4, 0.5) is 11.8 Å². The van der Waals surface area contributed by atoms with Crippen molar-refractivity contribution in [2.24, 2.45) is 5.73 Å². The fraction of sp³-hybridized carbons (Fsp3) is 0.444. The summed E-state index contributed by atoms with van der Waals surface area (Å²) in [7, 11) is 0. The maximum Gasteiger partial charge on any atom is 0.227 e. The van der Waals surface area contributed by atoms with Crippen molar-refractivity contribution in [1.29, 1.82) is 0 Å². The summed E-state index contributed by atoms with van der Waals surface area (Å²) in [4.78, 5) is 14.5. The Morgan fingerprint density at radius 1 is 0.971 bits per heavy atom. The Bertz CT molecular complexity index is 1260. The van der Waals surface area contributed by atoms with E-state index < -0.39 is 0 Å². The largest absolute Gasteiger partial charge is 0.464 e. The number of aromatic nitrogens is 4. The second-order valence-electron chi connectivity index (χ2n) is 9.89. The van der Waals surface area contributed by atoms with Crippen LogP contribution in [0.3, 0.4) is 0 Å². The Labute approximate surface area is 205 Å². The first-order valence-electron chi connectivity index (χ1n) is 12.9. The Morgan fingerprint density at radius 2 is 1.77 bits per heavy atom. The van der Waals surface area contributed by atoms with Gasteiger partial charge in [-0.05, 0) is 43.4 Å². The average Bonchev–Trinajstić information content (AvgIpc) is 3.66. The zero-order valence-electron chi connectivity index (χ0n) is 20.0. The predicted molar refractivity (Wildman–Crippen MR) is 138 cm³/mol. The van der Waals surface area contributed by atoms with E-state index in [-0.39, 0.29) is 12.1 Å². The van der Waals surface area contributed by atoms with Crippen molar-refractivity contribution in [3.8, 4) is 11.3 Å². The number of nitrogens with one attached hydrogen (secondary N) is 2. The summed E-state index contributed by atoms with van der Waals surface area (Å²) in [5.74, 6) is 2.26. The van der Waals surface area contributed by atoms with Crippen LogP contribution < -0.4 is 16.4 Å². The summed E-state index contributed by atoms with van der Waals surface area (Å²) < 4.78 is 7.75. The van der Waals surface area contributed by atoms with E-state index in [0.29, 0.717) is 18.5 Å². The molecule has 2 aliphatic carbocycles. The van der Waals surface area contributed by atoms with Crippen LogP contribution in [0.1, 0.15) is 63.0 Å². The molecule has 0 radical (unpaired) electrons. The number of nitrogens with two attached hydrogens (primary N) is 1. The molecule has 182 valence electrons. The smallest absolute Gasteiger partial charge is 0.227 e. The number of hydrogen-bond donors (Lipinski definition) is 3. The highest BCUT2D eigenvalue weighted by atomic mass is 16.3. The summed E-state index contributed by atoms with van der Waals surface area (Å²) in [6.07, 6.45) is 13.0. The van der Waals surface area contributed by atoms with E-state index in [1.165, 1.54) is 38.5 Å². The van der Waals surface area contributed by atoms with Gasteiger partial charge in [-0.2, -0.15) is 9.97 Å². The number of benzene rings is 1. The monoisotopic (exact) mass is 471 g/mol. The lowest BCUT2D eigenvalue weighted by Gasteiger charge is -2.29. The molecule has 3 heterocycles. The average molecular weight is 472 g/mol. The number of nitrogens with zero attached hydrogens (tertiary/aromatic N) is 4. The first-order chi connectivity index (χ1) is 17.2. The van der Waals surface area contributed by atoms with Gasteiger partial charge in [-0.1, -0.05) is 49.9 Å². The van der Waals surface area contributed by atoms with Gasteiger partial charge in [-0.25, -0.2) is 4.98 Å². The van der Waals surface area contributed by atoms with Gasteiger partial charge in [0, 0.05) is 30.2 Å². The van der Waals surface area contributed by atoms with Gasteiger partial charge in [0.15, 0.2) is 17.0 Å². The van der Waals surface area contributed by atoms with Crippen molar-refractivity contribution < 1.29 is 4.42 Å². The van der Waals surface area contributed by atoms with Gasteiger partial charge in [-0.15, -0.1) is 0 Å². The molecule has 4 aromatic rings. The van der Waals surface area contributed by atoms with Crippen molar-refractivity contribution in [2.75, 3.05) is 10.6 Å². The van der Waals surface area contributed by atoms with E-state index in [1.807, 2.05) is 18.5 Å². The Morgan fingerprint density at radius 3 is 2.54 bits per heavy atom. The van der Waals surface area contributed by atoms with Crippen molar-refractivity contribution in [2.45, 2.75) is 76.0 Å². The van der Waals surface area contributed by atoms with E-state index in [9.17, 15) is 0 Å². The van der Waals surface area contributed by atoms with Gasteiger partial charge < -0.3 is 25.4 Å². The zero-order valence-corrected chi connectivity index (χ0v) is 20.0. The van der Waals surface area contributed by atoms with Gasteiger partial charge >= 0.3 is 0 Å². The maximum absolute atomic E-state index is 6.41. The molecule has 3 aromatic heterocycles. The number of fused-ring (bicyclic) bond motifs is 1. The van der Waals surface area contributed by atoms with Crippen LogP contribution in [0.15, 0.2) is 53.4 Å². The van der Waals surface area contributed by atoms with E-state index in [4.69, 9.17) is 25.1 Å². The molecule has 1 aromatic carbocycles. The molecule has 0 bridgehead atoms. The molecule has 2 unspecified atom stereocenters. The van der Waals surface area contributed by atoms with Gasteiger partial charge in [0.1, 0.15) is 5.76 Å². The highest BCUT2D eigenvalue weighted by Gasteiger charge is 2.25. The summed E-state index contributed by atoms with van der Waals surface area (Å²) >= 11 is 0. The molecular formula is C27H33N7O. The Hall–Kier alpha value is -3.39. The standard InChI is InChI=1S/C27H33N7O/c28-21-8-3-4-9-22(21)31-27-32-25(24-26(33-27)34(17-30-24)20-6-1-2-7-20)29-16-18-11-13-19(14-12-18)23-10-5-15-35-23/h5,10-15,17,20-22H,1-4,6-9,16,28H2,(H2,29,31,32,33). The number of anilines is 2. The third-order valence-electron chi connectivity index (χ3n) is 7.49. The Kier molecular flexibility index (Phi) is 6.12. The lowest BCUT2D eigenvalue weighted by atomic mass is 9.91. The molecule has 0 spiro atoms. The fourth-order valence-corrected chi connectivity index (χ4v) is 5.47. The third-order valence-corrected chi connectivity index (χ3v) is 7.49. The van der Waals surface area contributed by atoms with Gasteiger partial charge in [0.05, 0.1) is 12.6 Å². The minimum Gasteiger partial charge on any atom is -0.464 e. The summed E-state index contributed by atoms with van der Waals surface area (Å²) in [6, 6.07) is 13.1. The van der Waals surface area contributed by atoms with Crippen molar-refractivity contribution in [3.63, 3.8) is 0 Å². The lowest BCUT2D eigenvalue weighted by Crippen LogP contribution is -2.43. The number of furan rings is 1. The van der Waals surface area contributed by atoms with Crippen LogP contribution in [0.5, 0.6) is 0 Å². The Balaban J connectivity index is 1.27. The zero-order chi connectivity index (χ0) is 23.6. The van der Waals surface area contributed by atoms with Gasteiger partial charge in [-0.3, -0.25) is 0 Å². The molecule has 0 amide bonds. The van der Waals surface area contributed by atoms with Crippen LogP contribution >= 0.6 is 0 Å².